The molecule has 2 aliphatic heterocycles. The smallest absolute Gasteiger partial charge is 0.243 e. The zero-order valence-electron chi connectivity index (χ0n) is 16.0. The van der Waals surface area contributed by atoms with Gasteiger partial charge in [-0.1, -0.05) is 6.07 Å². The van der Waals surface area contributed by atoms with Crippen LogP contribution in [0, 0.1) is 0 Å². The van der Waals surface area contributed by atoms with Gasteiger partial charge in [0.15, 0.2) is 11.5 Å². The molecule has 2 amide bonds. The fourth-order valence-corrected chi connectivity index (χ4v) is 5.06. The number of ether oxygens (including phenoxy) is 2. The summed E-state index contributed by atoms with van der Waals surface area (Å²) in [5.41, 5.74) is 1.39. The molecule has 0 fully saturated rings. The molecule has 0 spiro atoms. The Morgan fingerprint density at radius 2 is 2.00 bits per heavy atom. The summed E-state index contributed by atoms with van der Waals surface area (Å²) in [6.45, 7) is 0.0771. The molecule has 0 radical (unpaired) electrons. The van der Waals surface area contributed by atoms with Gasteiger partial charge in [-0.15, -0.1) is 11.8 Å². The maximum absolute atomic E-state index is 12.8. The van der Waals surface area contributed by atoms with E-state index in [-0.39, 0.29) is 36.4 Å². The Bertz CT molecular complexity index is 1120. The van der Waals surface area contributed by atoms with E-state index in [0.717, 1.165) is 9.87 Å². The second kappa shape index (κ2) is 8.17. The number of carbonyl (C=O) groups is 2. The normalized spacial score (nSPS) is 14.9. The predicted molar refractivity (Wildman–Crippen MR) is 110 cm³/mol. The number of nitrogens with zero attached hydrogens (tertiary/aromatic N) is 1. The third-order valence-corrected chi connectivity index (χ3v) is 7.44. The third kappa shape index (κ3) is 4.23. The highest BCUT2D eigenvalue weighted by molar-refractivity contribution is 8.00. The van der Waals surface area contributed by atoms with Crippen LogP contribution in [-0.2, 0) is 26.2 Å². The zero-order valence-corrected chi connectivity index (χ0v) is 17.6. The fourth-order valence-electron chi connectivity index (χ4n) is 2.99. The minimum Gasteiger partial charge on any atom is -0.454 e. The number of hydrogen-bond acceptors (Lipinski definition) is 7. The zero-order chi connectivity index (χ0) is 21.3. The number of likely N-dealkylation sites (N-methyl/N-ethyl adjacent to an activating group) is 1. The number of hydrogen-bond donors (Lipinski definition) is 2. The van der Waals surface area contributed by atoms with Crippen molar-refractivity contribution in [3.8, 4) is 11.5 Å². The van der Waals surface area contributed by atoms with E-state index in [1.807, 2.05) is 0 Å². The quantitative estimate of drug-likeness (QED) is 0.685. The number of nitrogens with one attached hydrogen (secondary N) is 2. The first kappa shape index (κ1) is 20.5. The van der Waals surface area contributed by atoms with Crippen molar-refractivity contribution in [1.29, 1.82) is 0 Å². The predicted octanol–water partition coefficient (Wildman–Crippen LogP) is 1.40. The first-order chi connectivity index (χ1) is 14.3. The minimum absolute atomic E-state index is 0.0657. The number of anilines is 1. The molecule has 0 bridgehead atoms. The molecular weight excluding hydrogens is 430 g/mol. The largest absolute Gasteiger partial charge is 0.454 e. The molecule has 2 heterocycles. The van der Waals surface area contributed by atoms with Crippen molar-refractivity contribution < 1.29 is 27.5 Å². The molecule has 4 rings (SSSR count). The van der Waals surface area contributed by atoms with Crippen LogP contribution in [0.15, 0.2) is 46.2 Å². The second-order valence-corrected chi connectivity index (χ2v) is 9.78. The van der Waals surface area contributed by atoms with Crippen LogP contribution in [-0.4, -0.2) is 50.7 Å². The summed E-state index contributed by atoms with van der Waals surface area (Å²) in [6, 6.07) is 9.82. The third-order valence-electron chi connectivity index (χ3n) is 4.59. The Morgan fingerprint density at radius 3 is 2.83 bits per heavy atom. The highest BCUT2D eigenvalue weighted by Crippen LogP contribution is 2.34. The lowest BCUT2D eigenvalue weighted by Gasteiger charge is -2.20. The maximum atomic E-state index is 12.8. The molecule has 0 saturated heterocycles. The van der Waals surface area contributed by atoms with Gasteiger partial charge in [-0.2, -0.15) is 4.31 Å². The molecule has 158 valence electrons. The minimum atomic E-state index is -3.86. The average molecular weight is 450 g/mol. The van der Waals surface area contributed by atoms with E-state index in [9.17, 15) is 18.0 Å². The van der Waals surface area contributed by atoms with Crippen LogP contribution in [0.3, 0.4) is 0 Å². The van der Waals surface area contributed by atoms with E-state index in [4.69, 9.17) is 9.47 Å². The number of fused-ring (bicyclic) bond motifs is 2. The molecule has 11 heteroatoms. The molecule has 0 aromatic heterocycles. The summed E-state index contributed by atoms with van der Waals surface area (Å²) in [6.07, 6.45) is 0. The molecule has 2 aromatic rings. The molecule has 0 saturated carbocycles. The van der Waals surface area contributed by atoms with E-state index in [2.05, 4.69) is 10.6 Å². The van der Waals surface area contributed by atoms with E-state index in [1.165, 1.54) is 30.9 Å². The fraction of sp³-hybridized carbons (Fsp3) is 0.263. The van der Waals surface area contributed by atoms with Gasteiger partial charge in [0.05, 0.1) is 22.9 Å². The van der Waals surface area contributed by atoms with Gasteiger partial charge in [-0.3, -0.25) is 9.59 Å². The number of carbonyl (C=O) groups excluding carboxylic acids is 2. The highest BCUT2D eigenvalue weighted by Gasteiger charge is 2.25. The highest BCUT2D eigenvalue weighted by atomic mass is 32.2. The van der Waals surface area contributed by atoms with Crippen LogP contribution in [0.25, 0.3) is 0 Å². The first-order valence-electron chi connectivity index (χ1n) is 9.01. The lowest BCUT2D eigenvalue weighted by Crippen LogP contribution is -2.38. The van der Waals surface area contributed by atoms with Gasteiger partial charge < -0.3 is 20.1 Å². The molecule has 0 atom stereocenters. The van der Waals surface area contributed by atoms with Gasteiger partial charge in [0.25, 0.3) is 0 Å². The molecular formula is C19H19N3O6S2. The number of amides is 2. The van der Waals surface area contributed by atoms with E-state index >= 15 is 0 Å². The summed E-state index contributed by atoms with van der Waals surface area (Å²) in [5.74, 6) is 0.938. The van der Waals surface area contributed by atoms with Crippen LogP contribution >= 0.6 is 11.8 Å². The van der Waals surface area contributed by atoms with Crippen molar-refractivity contribution in [2.75, 3.05) is 31.5 Å². The van der Waals surface area contributed by atoms with Crippen molar-refractivity contribution in [2.24, 2.45) is 0 Å². The van der Waals surface area contributed by atoms with Crippen molar-refractivity contribution in [2.45, 2.75) is 16.3 Å². The van der Waals surface area contributed by atoms with Gasteiger partial charge in [0, 0.05) is 18.5 Å². The average Bonchev–Trinajstić information content (AvgIpc) is 3.19. The Hall–Kier alpha value is -2.76. The van der Waals surface area contributed by atoms with E-state index < -0.39 is 15.9 Å². The monoisotopic (exact) mass is 449 g/mol. The lowest BCUT2D eigenvalue weighted by atomic mass is 10.2. The number of sulfonamides is 1. The summed E-state index contributed by atoms with van der Waals surface area (Å²) in [4.78, 5) is 24.5. The van der Waals surface area contributed by atoms with Crippen LogP contribution < -0.4 is 20.1 Å². The Morgan fingerprint density at radius 1 is 1.20 bits per heavy atom. The molecule has 0 unspecified atom stereocenters. The summed E-state index contributed by atoms with van der Waals surface area (Å²) >= 11 is 1.27. The Labute approximate surface area is 177 Å². The van der Waals surface area contributed by atoms with Gasteiger partial charge in [0.2, 0.25) is 28.6 Å². The summed E-state index contributed by atoms with van der Waals surface area (Å²) < 4.78 is 37.2. The molecule has 2 aliphatic rings. The molecule has 2 N–H and O–H groups in total. The first-order valence-corrected chi connectivity index (χ1v) is 11.4. The number of rotatable bonds is 6. The van der Waals surface area contributed by atoms with E-state index in [0.29, 0.717) is 22.1 Å². The molecule has 2 aromatic carbocycles. The van der Waals surface area contributed by atoms with Crippen LogP contribution in [0.1, 0.15) is 5.56 Å². The second-order valence-electron chi connectivity index (χ2n) is 6.72. The van der Waals surface area contributed by atoms with E-state index in [1.54, 1.807) is 24.3 Å². The molecule has 0 aliphatic carbocycles. The molecule has 30 heavy (non-hydrogen) atoms. The van der Waals surface area contributed by atoms with Crippen LogP contribution in [0.5, 0.6) is 11.5 Å². The van der Waals surface area contributed by atoms with Gasteiger partial charge >= 0.3 is 0 Å². The Kier molecular flexibility index (Phi) is 5.58. The van der Waals surface area contributed by atoms with Crippen LogP contribution in [0.2, 0.25) is 0 Å². The number of thioether (sulfide) groups is 1. The van der Waals surface area contributed by atoms with Gasteiger partial charge in [-0.25, -0.2) is 8.42 Å². The number of benzene rings is 2. The SMILES string of the molecule is CN(CC(=O)NCc1ccc2c(c1)OCO2)S(=O)(=O)c1ccc2c(c1)SCC(=O)N2. The maximum Gasteiger partial charge on any atom is 0.243 e. The van der Waals surface area contributed by atoms with Crippen molar-refractivity contribution >= 4 is 39.3 Å². The van der Waals surface area contributed by atoms with Crippen molar-refractivity contribution in [1.82, 2.24) is 9.62 Å². The Balaban J connectivity index is 1.38. The summed E-state index contributed by atoms with van der Waals surface area (Å²) in [7, 11) is -2.51. The summed E-state index contributed by atoms with van der Waals surface area (Å²) in [5, 5.41) is 5.41. The standard InChI is InChI=1S/C19H19N3O6S2/c1-22(9-18(23)20-8-12-2-5-15-16(6-12)28-11-27-15)30(25,26)13-3-4-14-17(7-13)29-10-19(24)21-14/h2-7H,8-11H2,1H3,(H,20,23)(H,21,24). The molecule has 9 nitrogen and oxygen atoms in total. The van der Waals surface area contributed by atoms with Gasteiger partial charge in [-0.05, 0) is 35.9 Å². The van der Waals surface area contributed by atoms with Crippen molar-refractivity contribution in [3.05, 3.63) is 42.0 Å². The topological polar surface area (TPSA) is 114 Å². The van der Waals surface area contributed by atoms with Gasteiger partial charge in [0.1, 0.15) is 0 Å². The lowest BCUT2D eigenvalue weighted by molar-refractivity contribution is -0.121. The van der Waals surface area contributed by atoms with Crippen LogP contribution in [0.4, 0.5) is 5.69 Å². The van der Waals surface area contributed by atoms with Crippen molar-refractivity contribution in [3.63, 3.8) is 0 Å².